The molecule has 2 N–H and O–H groups in total. The molecule has 0 atom stereocenters. The number of aromatic nitrogens is 2. The SMILES string of the molecule is COc1ccc(/C=C2/C(=O)N(C)C=Cc3c2nc(N)n3COCc2ccccc2)cc1. The van der Waals surface area contributed by atoms with Crippen LogP contribution in [0.1, 0.15) is 22.5 Å². The standard InChI is InChI=1S/C24H24N4O3/c1-27-13-12-21-22(20(23(27)29)14-17-8-10-19(30-2)11-9-17)26-24(25)28(21)16-31-15-18-6-4-3-5-7-18/h3-14H,15-16H2,1-2H3,(H2,25,26)/b20-14+. The minimum atomic E-state index is -0.166. The second-order valence-corrected chi connectivity index (χ2v) is 7.16. The molecule has 1 aromatic heterocycles. The molecule has 1 amide bonds. The molecule has 4 rings (SSSR count). The summed E-state index contributed by atoms with van der Waals surface area (Å²) in [5, 5.41) is 0. The number of ether oxygens (including phenoxy) is 2. The van der Waals surface area contributed by atoms with Crippen molar-refractivity contribution in [2.75, 3.05) is 19.9 Å². The van der Waals surface area contributed by atoms with Crippen LogP contribution < -0.4 is 10.5 Å². The van der Waals surface area contributed by atoms with Crippen LogP contribution in [0.5, 0.6) is 5.75 Å². The number of methoxy groups -OCH3 is 1. The molecule has 158 valence electrons. The number of rotatable bonds is 6. The zero-order valence-corrected chi connectivity index (χ0v) is 17.5. The van der Waals surface area contributed by atoms with Gasteiger partial charge < -0.3 is 20.1 Å². The van der Waals surface area contributed by atoms with Crippen molar-refractivity contribution in [1.29, 1.82) is 0 Å². The lowest BCUT2D eigenvalue weighted by molar-refractivity contribution is -0.121. The molecular weight excluding hydrogens is 392 g/mol. The van der Waals surface area contributed by atoms with Gasteiger partial charge in [0.05, 0.1) is 25.0 Å². The van der Waals surface area contributed by atoms with Crippen LogP contribution in [-0.4, -0.2) is 34.5 Å². The van der Waals surface area contributed by atoms with Gasteiger partial charge >= 0.3 is 0 Å². The lowest BCUT2D eigenvalue weighted by Gasteiger charge is -2.11. The van der Waals surface area contributed by atoms with Gasteiger partial charge in [-0.1, -0.05) is 42.5 Å². The Hall–Kier alpha value is -3.84. The second-order valence-electron chi connectivity index (χ2n) is 7.16. The first-order valence-corrected chi connectivity index (χ1v) is 9.86. The first kappa shape index (κ1) is 20.4. The summed E-state index contributed by atoms with van der Waals surface area (Å²) in [6.07, 6.45) is 5.36. The summed E-state index contributed by atoms with van der Waals surface area (Å²) in [5.41, 5.74) is 9.84. The van der Waals surface area contributed by atoms with E-state index in [4.69, 9.17) is 15.2 Å². The number of nitrogens with two attached hydrogens (primary N) is 1. The van der Waals surface area contributed by atoms with Crippen LogP contribution in [0.25, 0.3) is 17.7 Å². The Labute approximate surface area is 181 Å². The quantitative estimate of drug-likeness (QED) is 0.621. The fraction of sp³-hybridized carbons (Fsp3) is 0.167. The lowest BCUT2D eigenvalue weighted by Crippen LogP contribution is -2.21. The van der Waals surface area contributed by atoms with Gasteiger partial charge in [-0.05, 0) is 35.4 Å². The van der Waals surface area contributed by atoms with Crippen LogP contribution in [-0.2, 0) is 22.9 Å². The van der Waals surface area contributed by atoms with Gasteiger partial charge in [0.15, 0.2) is 0 Å². The van der Waals surface area contributed by atoms with Crippen molar-refractivity contribution in [1.82, 2.24) is 14.5 Å². The monoisotopic (exact) mass is 416 g/mol. The number of nitrogen functional groups attached to an aromatic ring is 1. The highest BCUT2D eigenvalue weighted by Crippen LogP contribution is 2.29. The molecule has 3 aromatic rings. The van der Waals surface area contributed by atoms with Crippen LogP contribution >= 0.6 is 0 Å². The van der Waals surface area contributed by atoms with Crippen molar-refractivity contribution in [2.45, 2.75) is 13.3 Å². The van der Waals surface area contributed by atoms with Gasteiger partial charge in [-0.3, -0.25) is 9.36 Å². The van der Waals surface area contributed by atoms with Crippen LogP contribution in [0, 0.1) is 0 Å². The van der Waals surface area contributed by atoms with Gasteiger partial charge in [0.25, 0.3) is 5.91 Å². The largest absolute Gasteiger partial charge is 0.497 e. The summed E-state index contributed by atoms with van der Waals surface area (Å²) < 4.78 is 12.8. The van der Waals surface area contributed by atoms with E-state index in [1.54, 1.807) is 24.9 Å². The van der Waals surface area contributed by atoms with E-state index in [0.717, 1.165) is 22.6 Å². The number of benzene rings is 2. The molecule has 0 aliphatic carbocycles. The number of nitrogens with zero attached hydrogens (tertiary/aromatic N) is 3. The predicted molar refractivity (Wildman–Crippen MR) is 121 cm³/mol. The van der Waals surface area contributed by atoms with Crippen LogP contribution in [0.4, 0.5) is 5.95 Å². The van der Waals surface area contributed by atoms with E-state index in [2.05, 4.69) is 4.98 Å². The predicted octanol–water partition coefficient (Wildman–Crippen LogP) is 3.63. The summed E-state index contributed by atoms with van der Waals surface area (Å²) in [6, 6.07) is 17.4. The molecule has 1 aliphatic rings. The highest BCUT2D eigenvalue weighted by molar-refractivity contribution is 6.25. The first-order chi connectivity index (χ1) is 15.1. The molecule has 0 radical (unpaired) electrons. The van der Waals surface area contributed by atoms with Crippen molar-refractivity contribution in [3.63, 3.8) is 0 Å². The molecule has 2 heterocycles. The Morgan fingerprint density at radius 1 is 1.10 bits per heavy atom. The van der Waals surface area contributed by atoms with Crippen molar-refractivity contribution >= 4 is 29.6 Å². The average Bonchev–Trinajstić information content (AvgIpc) is 3.05. The smallest absolute Gasteiger partial charge is 0.259 e. The van der Waals surface area contributed by atoms with Gasteiger partial charge in [-0.25, -0.2) is 4.98 Å². The molecule has 0 saturated carbocycles. The van der Waals surface area contributed by atoms with Crippen molar-refractivity contribution in [2.24, 2.45) is 0 Å². The van der Waals surface area contributed by atoms with E-state index in [-0.39, 0.29) is 12.6 Å². The number of likely N-dealkylation sites (N-methyl/N-ethyl adjacent to an activating group) is 1. The maximum atomic E-state index is 13.0. The summed E-state index contributed by atoms with van der Waals surface area (Å²) in [5.74, 6) is 0.874. The zero-order chi connectivity index (χ0) is 21.8. The summed E-state index contributed by atoms with van der Waals surface area (Å²) in [6.45, 7) is 0.672. The third-order valence-corrected chi connectivity index (χ3v) is 5.06. The molecule has 7 nitrogen and oxygen atoms in total. The number of amides is 1. The maximum Gasteiger partial charge on any atom is 0.259 e. The first-order valence-electron chi connectivity index (χ1n) is 9.86. The van der Waals surface area contributed by atoms with Crippen molar-refractivity contribution in [3.8, 4) is 5.75 Å². The third kappa shape index (κ3) is 4.36. The van der Waals surface area contributed by atoms with E-state index < -0.39 is 0 Å². The molecule has 0 spiro atoms. The van der Waals surface area contributed by atoms with E-state index in [1.807, 2.05) is 66.7 Å². The lowest BCUT2D eigenvalue weighted by atomic mass is 10.1. The topological polar surface area (TPSA) is 82.6 Å². The van der Waals surface area contributed by atoms with Gasteiger partial charge in [0.1, 0.15) is 18.2 Å². The van der Waals surface area contributed by atoms with E-state index in [0.29, 0.717) is 23.8 Å². The highest BCUT2D eigenvalue weighted by Gasteiger charge is 2.26. The second kappa shape index (κ2) is 8.89. The fourth-order valence-electron chi connectivity index (χ4n) is 3.35. The Kier molecular flexibility index (Phi) is 5.86. The average molecular weight is 416 g/mol. The maximum absolute atomic E-state index is 13.0. The van der Waals surface area contributed by atoms with Gasteiger partial charge in [0.2, 0.25) is 5.95 Å². The van der Waals surface area contributed by atoms with Gasteiger partial charge in [0, 0.05) is 13.2 Å². The molecule has 0 fully saturated rings. The Bertz CT molecular complexity index is 1130. The molecule has 0 unspecified atom stereocenters. The third-order valence-electron chi connectivity index (χ3n) is 5.06. The van der Waals surface area contributed by atoms with E-state index in [9.17, 15) is 4.79 Å². The molecule has 1 aliphatic heterocycles. The molecule has 0 bridgehead atoms. The number of fused-ring (bicyclic) bond motifs is 1. The zero-order valence-electron chi connectivity index (χ0n) is 17.5. The van der Waals surface area contributed by atoms with Crippen LogP contribution in [0.15, 0.2) is 60.8 Å². The van der Waals surface area contributed by atoms with Crippen LogP contribution in [0.3, 0.4) is 0 Å². The number of carbonyl (C=O) groups is 1. The minimum Gasteiger partial charge on any atom is -0.497 e. The number of hydrogen-bond donors (Lipinski definition) is 1. The normalized spacial score (nSPS) is 14.6. The Balaban J connectivity index is 1.66. The Morgan fingerprint density at radius 2 is 1.84 bits per heavy atom. The number of hydrogen-bond acceptors (Lipinski definition) is 5. The van der Waals surface area contributed by atoms with E-state index >= 15 is 0 Å². The van der Waals surface area contributed by atoms with Crippen molar-refractivity contribution < 1.29 is 14.3 Å². The van der Waals surface area contributed by atoms with Gasteiger partial charge in [-0.2, -0.15) is 0 Å². The Morgan fingerprint density at radius 3 is 2.55 bits per heavy atom. The van der Waals surface area contributed by atoms with E-state index in [1.165, 1.54) is 4.90 Å². The summed E-state index contributed by atoms with van der Waals surface area (Å²) in [4.78, 5) is 19.0. The molecule has 7 heteroatoms. The van der Waals surface area contributed by atoms with Gasteiger partial charge in [-0.15, -0.1) is 0 Å². The summed E-state index contributed by atoms with van der Waals surface area (Å²) in [7, 11) is 3.33. The summed E-state index contributed by atoms with van der Waals surface area (Å²) >= 11 is 0. The minimum absolute atomic E-state index is 0.166. The number of anilines is 1. The van der Waals surface area contributed by atoms with Crippen LogP contribution in [0.2, 0.25) is 0 Å². The molecular formula is C24H24N4O3. The molecule has 0 saturated heterocycles. The fourth-order valence-corrected chi connectivity index (χ4v) is 3.35. The van der Waals surface area contributed by atoms with Crippen molar-refractivity contribution in [3.05, 3.63) is 83.3 Å². The number of carbonyl (C=O) groups excluding carboxylic acids is 1. The number of imidazole rings is 1. The highest BCUT2D eigenvalue weighted by atomic mass is 16.5. The molecule has 2 aromatic carbocycles. The molecule has 31 heavy (non-hydrogen) atoms.